The molecule has 1 aromatic heterocycles. The van der Waals surface area contributed by atoms with E-state index in [2.05, 4.69) is 5.32 Å². The Labute approximate surface area is 71.4 Å². The molecule has 3 N–H and O–H groups in total. The van der Waals surface area contributed by atoms with Gasteiger partial charge in [-0.25, -0.2) is 0 Å². The second-order valence-corrected chi connectivity index (χ2v) is 2.66. The summed E-state index contributed by atoms with van der Waals surface area (Å²) in [5.41, 5.74) is 0. The number of aromatic nitrogens is 1. The number of hydrogen-bond donors (Lipinski definition) is 3. The van der Waals surface area contributed by atoms with Crippen LogP contribution in [0.4, 0.5) is 0 Å². The third-order valence-electron chi connectivity index (χ3n) is 1.74. The summed E-state index contributed by atoms with van der Waals surface area (Å²) in [5.74, 6) is 0.229. The van der Waals surface area contributed by atoms with E-state index < -0.39 is 0 Å². The molecule has 0 saturated heterocycles. The van der Waals surface area contributed by atoms with Crippen molar-refractivity contribution in [3.8, 4) is 11.8 Å². The van der Waals surface area contributed by atoms with Crippen LogP contribution < -0.4 is 5.32 Å². The molecule has 0 amide bonds. The molecule has 1 heterocycles. The summed E-state index contributed by atoms with van der Waals surface area (Å²) in [4.78, 5) is 0. The van der Waals surface area contributed by atoms with E-state index in [0.717, 1.165) is 13.0 Å². The molecular formula is C8H14N2O2. The van der Waals surface area contributed by atoms with Crippen LogP contribution in [0.5, 0.6) is 11.8 Å². The standard InChI is InChI=1S/C8H14N2O2/c1-9-5-2-6-10-7(11)3-4-8(10)12/h3-4,9,11-12H,2,5-6H2,1H3. The van der Waals surface area contributed by atoms with Crippen LogP contribution in [0.1, 0.15) is 6.42 Å². The molecule has 0 radical (unpaired) electrons. The number of nitrogens with zero attached hydrogens (tertiary/aromatic N) is 1. The molecule has 0 aliphatic heterocycles. The first-order valence-corrected chi connectivity index (χ1v) is 3.97. The minimum atomic E-state index is 0.114. The quantitative estimate of drug-likeness (QED) is 0.577. The largest absolute Gasteiger partial charge is 0.494 e. The Morgan fingerprint density at radius 1 is 1.33 bits per heavy atom. The molecule has 1 rings (SSSR count). The Morgan fingerprint density at radius 3 is 2.42 bits per heavy atom. The molecule has 0 aliphatic rings. The zero-order chi connectivity index (χ0) is 8.97. The second kappa shape index (κ2) is 4.01. The van der Waals surface area contributed by atoms with E-state index in [0.29, 0.717) is 6.54 Å². The van der Waals surface area contributed by atoms with Crippen LogP contribution in [0.2, 0.25) is 0 Å². The zero-order valence-corrected chi connectivity index (χ0v) is 7.12. The van der Waals surface area contributed by atoms with E-state index in [1.54, 1.807) is 0 Å². The van der Waals surface area contributed by atoms with Gasteiger partial charge in [0, 0.05) is 18.7 Å². The van der Waals surface area contributed by atoms with E-state index in [9.17, 15) is 10.2 Å². The summed E-state index contributed by atoms with van der Waals surface area (Å²) in [6.07, 6.45) is 0.881. The van der Waals surface area contributed by atoms with Crippen molar-refractivity contribution < 1.29 is 10.2 Å². The van der Waals surface area contributed by atoms with Crippen molar-refractivity contribution in [3.05, 3.63) is 12.1 Å². The molecule has 0 saturated carbocycles. The lowest BCUT2D eigenvalue weighted by molar-refractivity contribution is 0.364. The Balaban J connectivity index is 2.50. The van der Waals surface area contributed by atoms with Crippen LogP contribution >= 0.6 is 0 Å². The highest BCUT2D eigenvalue weighted by molar-refractivity contribution is 5.23. The third kappa shape index (κ3) is 1.92. The molecule has 0 unspecified atom stereocenters. The molecule has 0 bridgehead atoms. The lowest BCUT2D eigenvalue weighted by atomic mass is 10.4. The summed E-state index contributed by atoms with van der Waals surface area (Å²) in [6.45, 7) is 1.50. The van der Waals surface area contributed by atoms with E-state index >= 15 is 0 Å². The number of hydrogen-bond acceptors (Lipinski definition) is 3. The SMILES string of the molecule is CNCCCn1c(O)ccc1O. The average Bonchev–Trinajstić information content (AvgIpc) is 2.35. The van der Waals surface area contributed by atoms with Gasteiger partial charge in [0.1, 0.15) is 0 Å². The average molecular weight is 170 g/mol. The van der Waals surface area contributed by atoms with Gasteiger partial charge < -0.3 is 15.5 Å². The first kappa shape index (κ1) is 8.93. The minimum absolute atomic E-state index is 0.114. The van der Waals surface area contributed by atoms with Crippen molar-refractivity contribution in [1.29, 1.82) is 0 Å². The van der Waals surface area contributed by atoms with E-state index in [1.807, 2.05) is 7.05 Å². The van der Waals surface area contributed by atoms with Crippen molar-refractivity contribution in [1.82, 2.24) is 9.88 Å². The lowest BCUT2D eigenvalue weighted by Crippen LogP contribution is -2.10. The maximum atomic E-state index is 9.21. The van der Waals surface area contributed by atoms with Gasteiger partial charge in [-0.1, -0.05) is 0 Å². The molecule has 4 nitrogen and oxygen atoms in total. The first-order valence-electron chi connectivity index (χ1n) is 3.97. The molecule has 12 heavy (non-hydrogen) atoms. The molecule has 0 aromatic carbocycles. The highest BCUT2D eigenvalue weighted by Gasteiger charge is 2.03. The van der Waals surface area contributed by atoms with Gasteiger partial charge in [-0.3, -0.25) is 4.57 Å². The number of rotatable bonds is 4. The van der Waals surface area contributed by atoms with Crippen molar-refractivity contribution in [3.63, 3.8) is 0 Å². The fraction of sp³-hybridized carbons (Fsp3) is 0.500. The predicted octanol–water partition coefficient (Wildman–Crippen LogP) is 0.509. The van der Waals surface area contributed by atoms with E-state index in [4.69, 9.17) is 0 Å². The van der Waals surface area contributed by atoms with Crippen LogP contribution in [-0.4, -0.2) is 28.4 Å². The highest BCUT2D eigenvalue weighted by Crippen LogP contribution is 2.20. The topological polar surface area (TPSA) is 57.4 Å². The monoisotopic (exact) mass is 170 g/mol. The fourth-order valence-electron chi connectivity index (χ4n) is 1.09. The molecule has 1 aromatic rings. The van der Waals surface area contributed by atoms with Crippen molar-refractivity contribution in [2.75, 3.05) is 13.6 Å². The van der Waals surface area contributed by atoms with Crippen LogP contribution in [0.3, 0.4) is 0 Å². The molecule has 4 heteroatoms. The van der Waals surface area contributed by atoms with E-state index in [1.165, 1.54) is 16.7 Å². The van der Waals surface area contributed by atoms with Crippen LogP contribution in [-0.2, 0) is 6.54 Å². The number of aromatic hydroxyl groups is 2. The van der Waals surface area contributed by atoms with Gasteiger partial charge in [0.15, 0.2) is 11.8 Å². The summed E-state index contributed by atoms with van der Waals surface area (Å²) in [7, 11) is 1.87. The molecular weight excluding hydrogens is 156 g/mol. The van der Waals surface area contributed by atoms with Gasteiger partial charge >= 0.3 is 0 Å². The predicted molar refractivity (Wildman–Crippen MR) is 46.3 cm³/mol. The smallest absolute Gasteiger partial charge is 0.193 e. The van der Waals surface area contributed by atoms with Gasteiger partial charge in [0.2, 0.25) is 0 Å². The summed E-state index contributed by atoms with van der Waals surface area (Å²) in [6, 6.07) is 2.96. The summed E-state index contributed by atoms with van der Waals surface area (Å²) < 4.78 is 1.47. The van der Waals surface area contributed by atoms with Crippen molar-refractivity contribution in [2.24, 2.45) is 0 Å². The molecule has 0 atom stereocenters. The van der Waals surface area contributed by atoms with Gasteiger partial charge in [-0.05, 0) is 20.0 Å². The fourth-order valence-corrected chi connectivity index (χ4v) is 1.09. The molecule has 0 aliphatic carbocycles. The Morgan fingerprint density at radius 2 is 1.92 bits per heavy atom. The van der Waals surface area contributed by atoms with Gasteiger partial charge in [0.25, 0.3) is 0 Å². The molecule has 0 spiro atoms. The molecule has 68 valence electrons. The van der Waals surface area contributed by atoms with Crippen LogP contribution in [0.25, 0.3) is 0 Å². The summed E-state index contributed by atoms with van der Waals surface area (Å²) >= 11 is 0. The first-order chi connectivity index (χ1) is 5.75. The van der Waals surface area contributed by atoms with Gasteiger partial charge in [-0.2, -0.15) is 0 Å². The Bertz CT molecular complexity index is 226. The zero-order valence-electron chi connectivity index (χ0n) is 7.12. The van der Waals surface area contributed by atoms with Crippen molar-refractivity contribution in [2.45, 2.75) is 13.0 Å². The molecule has 0 fully saturated rings. The number of nitrogens with one attached hydrogen (secondary N) is 1. The maximum Gasteiger partial charge on any atom is 0.193 e. The van der Waals surface area contributed by atoms with Crippen molar-refractivity contribution >= 4 is 0 Å². The van der Waals surface area contributed by atoms with Gasteiger partial charge in [0.05, 0.1) is 0 Å². The second-order valence-electron chi connectivity index (χ2n) is 2.66. The maximum absolute atomic E-state index is 9.21. The third-order valence-corrected chi connectivity index (χ3v) is 1.74. The minimum Gasteiger partial charge on any atom is -0.494 e. The Kier molecular flexibility index (Phi) is 2.99. The van der Waals surface area contributed by atoms with Crippen LogP contribution in [0, 0.1) is 0 Å². The highest BCUT2D eigenvalue weighted by atomic mass is 16.3. The normalized spacial score (nSPS) is 10.4. The lowest BCUT2D eigenvalue weighted by Gasteiger charge is -2.05. The van der Waals surface area contributed by atoms with E-state index in [-0.39, 0.29) is 11.8 Å². The summed E-state index contributed by atoms with van der Waals surface area (Å²) in [5, 5.41) is 21.4. The van der Waals surface area contributed by atoms with Crippen LogP contribution in [0.15, 0.2) is 12.1 Å². The van der Waals surface area contributed by atoms with Gasteiger partial charge in [-0.15, -0.1) is 0 Å². The Hall–Kier alpha value is -1.16.